The number of hydrogen-bond donors (Lipinski definition) is 2. The molecule has 0 saturated carbocycles. The summed E-state index contributed by atoms with van der Waals surface area (Å²) in [7, 11) is -3.56. The predicted molar refractivity (Wildman–Crippen MR) is 96.0 cm³/mol. The fraction of sp³-hybridized carbons (Fsp3) is 0.118. The monoisotopic (exact) mass is 355 g/mol. The normalized spacial score (nSPS) is 11.2. The van der Waals surface area contributed by atoms with Gasteiger partial charge >= 0.3 is 0 Å². The number of benzene rings is 2. The van der Waals surface area contributed by atoms with Gasteiger partial charge in [0.25, 0.3) is 0 Å². The Morgan fingerprint density at radius 3 is 2.36 bits per heavy atom. The molecular formula is C17H17N5O2S. The van der Waals surface area contributed by atoms with Crippen LogP contribution in [0.15, 0.2) is 59.5 Å². The zero-order chi connectivity index (χ0) is 17.9. The van der Waals surface area contributed by atoms with Crippen molar-refractivity contribution in [2.75, 3.05) is 11.1 Å². The van der Waals surface area contributed by atoms with Gasteiger partial charge in [0.2, 0.25) is 11.9 Å². The van der Waals surface area contributed by atoms with Crippen molar-refractivity contribution in [3.63, 3.8) is 0 Å². The van der Waals surface area contributed by atoms with E-state index < -0.39 is 9.84 Å². The lowest BCUT2D eigenvalue weighted by molar-refractivity contribution is 0.594. The molecule has 0 unspecified atom stereocenters. The molecule has 1 aromatic heterocycles. The summed E-state index contributed by atoms with van der Waals surface area (Å²) in [6.45, 7) is 1.94. The van der Waals surface area contributed by atoms with E-state index in [9.17, 15) is 8.42 Å². The van der Waals surface area contributed by atoms with E-state index >= 15 is 0 Å². The second kappa shape index (κ2) is 6.86. The summed E-state index contributed by atoms with van der Waals surface area (Å²) in [4.78, 5) is 12.4. The van der Waals surface area contributed by atoms with Crippen LogP contribution in [0.25, 0.3) is 0 Å². The van der Waals surface area contributed by atoms with Crippen LogP contribution in [-0.2, 0) is 15.6 Å². The summed E-state index contributed by atoms with van der Waals surface area (Å²) in [5.74, 6) is -0.0940. The van der Waals surface area contributed by atoms with Crippen molar-refractivity contribution in [1.82, 2.24) is 15.0 Å². The van der Waals surface area contributed by atoms with Gasteiger partial charge in [-0.3, -0.25) is 0 Å². The van der Waals surface area contributed by atoms with Gasteiger partial charge < -0.3 is 11.1 Å². The second-order valence-corrected chi connectivity index (χ2v) is 7.44. The molecular weight excluding hydrogens is 338 g/mol. The molecule has 3 N–H and O–H groups in total. The zero-order valence-electron chi connectivity index (χ0n) is 13.5. The van der Waals surface area contributed by atoms with E-state index in [1.54, 1.807) is 18.2 Å². The quantitative estimate of drug-likeness (QED) is 0.723. The van der Waals surface area contributed by atoms with Crippen molar-refractivity contribution in [3.05, 3.63) is 66.0 Å². The molecule has 0 radical (unpaired) electrons. The van der Waals surface area contributed by atoms with Crippen LogP contribution in [0, 0.1) is 6.92 Å². The lowest BCUT2D eigenvalue weighted by atomic mass is 10.2. The largest absolute Gasteiger partial charge is 0.368 e. The van der Waals surface area contributed by atoms with Crippen molar-refractivity contribution in [3.8, 4) is 0 Å². The van der Waals surface area contributed by atoms with Gasteiger partial charge in [0.05, 0.1) is 4.90 Å². The molecule has 25 heavy (non-hydrogen) atoms. The van der Waals surface area contributed by atoms with Crippen LogP contribution in [0.3, 0.4) is 0 Å². The summed E-state index contributed by atoms with van der Waals surface area (Å²) in [6.07, 6.45) is 0. The van der Waals surface area contributed by atoms with Gasteiger partial charge in [-0.05, 0) is 30.7 Å². The minimum Gasteiger partial charge on any atom is -0.368 e. The average molecular weight is 355 g/mol. The number of sulfone groups is 1. The Morgan fingerprint density at radius 1 is 0.960 bits per heavy atom. The van der Waals surface area contributed by atoms with Crippen LogP contribution in [0.1, 0.15) is 11.4 Å². The Balaban J connectivity index is 1.89. The maximum atomic E-state index is 12.5. The zero-order valence-corrected chi connectivity index (χ0v) is 14.4. The third-order valence-electron chi connectivity index (χ3n) is 3.51. The van der Waals surface area contributed by atoms with E-state index in [1.807, 2.05) is 31.2 Å². The second-order valence-electron chi connectivity index (χ2n) is 5.45. The summed E-state index contributed by atoms with van der Waals surface area (Å²) in [5.41, 5.74) is 7.52. The molecule has 128 valence electrons. The average Bonchev–Trinajstić information content (AvgIpc) is 2.57. The van der Waals surface area contributed by atoms with Crippen molar-refractivity contribution < 1.29 is 8.42 Å². The van der Waals surface area contributed by atoms with Crippen LogP contribution in [0.5, 0.6) is 0 Å². The first-order valence-electron chi connectivity index (χ1n) is 7.55. The molecule has 0 aliphatic heterocycles. The Hall–Kier alpha value is -3.00. The fourth-order valence-electron chi connectivity index (χ4n) is 2.27. The highest BCUT2D eigenvalue weighted by Crippen LogP contribution is 2.19. The Bertz CT molecular complexity index is 991. The number of nitrogens with zero attached hydrogens (tertiary/aromatic N) is 3. The van der Waals surface area contributed by atoms with E-state index in [0.717, 1.165) is 11.3 Å². The van der Waals surface area contributed by atoms with Gasteiger partial charge in [-0.1, -0.05) is 36.4 Å². The molecule has 2 aromatic carbocycles. The highest BCUT2D eigenvalue weighted by molar-refractivity contribution is 7.90. The Labute approximate surface area is 145 Å². The third kappa shape index (κ3) is 4.10. The van der Waals surface area contributed by atoms with Crippen LogP contribution < -0.4 is 11.1 Å². The SMILES string of the molecule is Cc1ccccc1Nc1nc(N)nc(CS(=O)(=O)c2ccccc2)n1. The van der Waals surface area contributed by atoms with Crippen molar-refractivity contribution >= 4 is 27.4 Å². The van der Waals surface area contributed by atoms with Gasteiger partial charge in [0.15, 0.2) is 15.7 Å². The molecule has 1 heterocycles. The molecule has 0 aliphatic rings. The molecule has 0 bridgehead atoms. The maximum absolute atomic E-state index is 12.5. The highest BCUT2D eigenvalue weighted by atomic mass is 32.2. The third-order valence-corrected chi connectivity index (χ3v) is 5.14. The lowest BCUT2D eigenvalue weighted by Crippen LogP contribution is -2.12. The first-order chi connectivity index (χ1) is 11.9. The summed E-state index contributed by atoms with van der Waals surface area (Å²) in [6, 6.07) is 15.8. The molecule has 3 aromatic rings. The highest BCUT2D eigenvalue weighted by Gasteiger charge is 2.18. The van der Waals surface area contributed by atoms with Crippen molar-refractivity contribution in [1.29, 1.82) is 0 Å². The summed E-state index contributed by atoms with van der Waals surface area (Å²) >= 11 is 0. The van der Waals surface area contributed by atoms with Crippen LogP contribution in [-0.4, -0.2) is 23.4 Å². The van der Waals surface area contributed by atoms with Crippen LogP contribution in [0.2, 0.25) is 0 Å². The Kier molecular flexibility index (Phi) is 4.62. The first kappa shape index (κ1) is 16.8. The van der Waals surface area contributed by atoms with Crippen LogP contribution in [0.4, 0.5) is 17.6 Å². The summed E-state index contributed by atoms with van der Waals surface area (Å²) in [5, 5.41) is 3.04. The van der Waals surface area contributed by atoms with E-state index in [1.165, 1.54) is 12.1 Å². The number of para-hydroxylation sites is 1. The molecule has 0 amide bonds. The molecule has 0 spiro atoms. The first-order valence-corrected chi connectivity index (χ1v) is 9.20. The molecule has 8 heteroatoms. The number of hydrogen-bond acceptors (Lipinski definition) is 7. The number of nitrogens with one attached hydrogen (secondary N) is 1. The topological polar surface area (TPSA) is 111 Å². The van der Waals surface area contributed by atoms with E-state index in [0.29, 0.717) is 0 Å². The standard InChI is InChI=1S/C17H17N5O2S/c1-12-7-5-6-10-14(12)19-17-21-15(20-16(18)22-17)11-25(23,24)13-8-3-2-4-9-13/h2-10H,11H2,1H3,(H3,18,19,20,21,22). The molecule has 7 nitrogen and oxygen atoms in total. The van der Waals surface area contributed by atoms with Crippen molar-refractivity contribution in [2.45, 2.75) is 17.6 Å². The maximum Gasteiger partial charge on any atom is 0.232 e. The Morgan fingerprint density at radius 2 is 1.64 bits per heavy atom. The van der Waals surface area contributed by atoms with Crippen molar-refractivity contribution in [2.24, 2.45) is 0 Å². The number of nitrogen functional groups attached to an aromatic ring is 1. The van der Waals surface area contributed by atoms with Gasteiger partial charge in [0, 0.05) is 5.69 Å². The number of anilines is 3. The molecule has 0 aliphatic carbocycles. The van der Waals surface area contributed by atoms with E-state index in [2.05, 4.69) is 20.3 Å². The molecule has 0 atom stereocenters. The van der Waals surface area contributed by atoms with Gasteiger partial charge in [-0.15, -0.1) is 0 Å². The smallest absolute Gasteiger partial charge is 0.232 e. The van der Waals surface area contributed by atoms with Gasteiger partial charge in [0.1, 0.15) is 5.75 Å². The predicted octanol–water partition coefficient (Wildman–Crippen LogP) is 2.48. The number of nitrogens with two attached hydrogens (primary N) is 1. The molecule has 3 rings (SSSR count). The lowest BCUT2D eigenvalue weighted by Gasteiger charge is -2.09. The van der Waals surface area contributed by atoms with E-state index in [4.69, 9.17) is 5.73 Å². The minimum absolute atomic E-state index is 0.0376. The summed E-state index contributed by atoms with van der Waals surface area (Å²) < 4.78 is 24.9. The minimum atomic E-state index is -3.56. The van der Waals surface area contributed by atoms with Gasteiger partial charge in [-0.25, -0.2) is 8.42 Å². The van der Waals surface area contributed by atoms with Crippen LogP contribution >= 0.6 is 0 Å². The number of rotatable bonds is 5. The van der Waals surface area contributed by atoms with Gasteiger partial charge in [-0.2, -0.15) is 15.0 Å². The number of aryl methyl sites for hydroxylation is 1. The van der Waals surface area contributed by atoms with E-state index in [-0.39, 0.29) is 28.4 Å². The molecule has 0 fully saturated rings. The number of aromatic nitrogens is 3. The fourth-order valence-corrected chi connectivity index (χ4v) is 3.48. The molecule has 0 saturated heterocycles.